The highest BCUT2D eigenvalue weighted by molar-refractivity contribution is 5.97. The van der Waals surface area contributed by atoms with Crippen LogP contribution in [0.4, 0.5) is 5.69 Å². The number of nitrogens with zero attached hydrogens (tertiary/aromatic N) is 3. The van der Waals surface area contributed by atoms with Crippen LogP contribution in [0.3, 0.4) is 0 Å². The lowest BCUT2D eigenvalue weighted by atomic mass is 10.00. The number of aliphatic hydroxyl groups excluding tert-OH is 1. The molecular weight excluding hydrogens is 414 g/mol. The van der Waals surface area contributed by atoms with Crippen LogP contribution in [0.1, 0.15) is 66.6 Å². The molecular formula is C27H37N3O3. The van der Waals surface area contributed by atoms with Crippen LogP contribution in [0, 0.1) is 0 Å². The Bertz CT molecular complexity index is 983. The van der Waals surface area contributed by atoms with Crippen molar-refractivity contribution in [3.05, 3.63) is 58.7 Å². The lowest BCUT2D eigenvalue weighted by Gasteiger charge is -2.39. The summed E-state index contributed by atoms with van der Waals surface area (Å²) in [5, 5.41) is 19.6. The van der Waals surface area contributed by atoms with E-state index in [1.54, 1.807) is 6.07 Å². The molecule has 1 saturated heterocycles. The van der Waals surface area contributed by atoms with Gasteiger partial charge in [0.2, 0.25) is 0 Å². The molecule has 2 aliphatic heterocycles. The van der Waals surface area contributed by atoms with Crippen molar-refractivity contribution in [1.29, 1.82) is 0 Å². The van der Waals surface area contributed by atoms with Crippen LogP contribution < -0.4 is 4.90 Å². The normalized spacial score (nSPS) is 16.7. The number of likely N-dealkylation sites (N-methyl/N-ethyl adjacent to an activating group) is 1. The zero-order valence-electron chi connectivity index (χ0n) is 20.1. The zero-order valence-corrected chi connectivity index (χ0v) is 20.1. The van der Waals surface area contributed by atoms with Gasteiger partial charge >= 0.3 is 0 Å². The molecule has 4 rings (SSSR count). The van der Waals surface area contributed by atoms with Crippen LogP contribution in [0.5, 0.6) is 5.75 Å². The third-order valence-electron chi connectivity index (χ3n) is 7.26. The summed E-state index contributed by atoms with van der Waals surface area (Å²) in [5.74, 6) is 0.232. The molecule has 0 aliphatic carbocycles. The average molecular weight is 452 g/mol. The third-order valence-corrected chi connectivity index (χ3v) is 7.26. The minimum Gasteiger partial charge on any atom is -0.507 e. The van der Waals surface area contributed by atoms with Gasteiger partial charge in [0.15, 0.2) is 0 Å². The SMILES string of the molecule is CCN(CCO)C1CCN(c2ccc3c(c2)CN(C(=O)c2cc(C(C)C)ccc2O)C3)CC1. The van der Waals surface area contributed by atoms with Crippen LogP contribution in [0.25, 0.3) is 0 Å². The fraction of sp³-hybridized carbons (Fsp3) is 0.519. The number of aromatic hydroxyl groups is 1. The minimum atomic E-state index is -0.114. The number of aliphatic hydroxyl groups is 1. The van der Waals surface area contributed by atoms with Crippen molar-refractivity contribution in [2.24, 2.45) is 0 Å². The number of benzene rings is 2. The summed E-state index contributed by atoms with van der Waals surface area (Å²) in [5.41, 5.74) is 5.04. The molecule has 2 aromatic carbocycles. The molecule has 33 heavy (non-hydrogen) atoms. The van der Waals surface area contributed by atoms with Crippen molar-refractivity contribution < 1.29 is 15.0 Å². The molecule has 0 bridgehead atoms. The number of anilines is 1. The monoisotopic (exact) mass is 451 g/mol. The van der Waals surface area contributed by atoms with E-state index in [1.807, 2.05) is 17.0 Å². The topological polar surface area (TPSA) is 67.2 Å². The van der Waals surface area contributed by atoms with E-state index < -0.39 is 0 Å². The summed E-state index contributed by atoms with van der Waals surface area (Å²) in [6.45, 7) is 11.4. The van der Waals surface area contributed by atoms with Crippen molar-refractivity contribution >= 4 is 11.6 Å². The molecule has 2 aliphatic rings. The Balaban J connectivity index is 1.43. The van der Waals surface area contributed by atoms with Gasteiger partial charge in [-0.15, -0.1) is 0 Å². The predicted molar refractivity (Wildman–Crippen MR) is 132 cm³/mol. The van der Waals surface area contributed by atoms with E-state index in [2.05, 4.69) is 48.8 Å². The second kappa shape index (κ2) is 10.1. The number of phenolic OH excluding ortho intramolecular Hbond substituents is 1. The van der Waals surface area contributed by atoms with Crippen molar-refractivity contribution in [1.82, 2.24) is 9.80 Å². The van der Waals surface area contributed by atoms with E-state index in [1.165, 1.54) is 16.8 Å². The average Bonchev–Trinajstić information content (AvgIpc) is 3.26. The molecule has 0 spiro atoms. The van der Waals surface area contributed by atoms with Gasteiger partial charge in [0.1, 0.15) is 5.75 Å². The van der Waals surface area contributed by atoms with Gasteiger partial charge in [0.25, 0.3) is 5.91 Å². The highest BCUT2D eigenvalue weighted by Crippen LogP contribution is 2.32. The molecule has 1 amide bonds. The number of amides is 1. The number of piperidine rings is 1. The van der Waals surface area contributed by atoms with E-state index in [-0.39, 0.29) is 18.3 Å². The smallest absolute Gasteiger partial charge is 0.258 e. The van der Waals surface area contributed by atoms with Gasteiger partial charge in [-0.05, 0) is 66.3 Å². The van der Waals surface area contributed by atoms with Crippen molar-refractivity contribution in [3.63, 3.8) is 0 Å². The van der Waals surface area contributed by atoms with Crippen molar-refractivity contribution in [3.8, 4) is 5.75 Å². The number of hydrogen-bond acceptors (Lipinski definition) is 5. The molecule has 0 radical (unpaired) electrons. The molecule has 0 unspecified atom stereocenters. The quantitative estimate of drug-likeness (QED) is 0.667. The van der Waals surface area contributed by atoms with Crippen LogP contribution in [-0.2, 0) is 13.1 Å². The van der Waals surface area contributed by atoms with Gasteiger partial charge in [0.05, 0.1) is 12.2 Å². The maximum Gasteiger partial charge on any atom is 0.258 e. The Morgan fingerprint density at radius 1 is 1.09 bits per heavy atom. The molecule has 1 fully saturated rings. The summed E-state index contributed by atoms with van der Waals surface area (Å²) in [6.07, 6.45) is 2.20. The largest absolute Gasteiger partial charge is 0.507 e. The Labute approximate surface area is 197 Å². The van der Waals surface area contributed by atoms with Gasteiger partial charge in [0, 0.05) is 44.5 Å². The van der Waals surface area contributed by atoms with Crippen molar-refractivity contribution in [2.45, 2.75) is 58.7 Å². The Kier molecular flexibility index (Phi) is 7.25. The van der Waals surface area contributed by atoms with Crippen LogP contribution >= 0.6 is 0 Å². The number of hydrogen-bond donors (Lipinski definition) is 2. The summed E-state index contributed by atoms with van der Waals surface area (Å²) < 4.78 is 0. The van der Waals surface area contributed by atoms with Gasteiger partial charge < -0.3 is 20.0 Å². The summed E-state index contributed by atoms with van der Waals surface area (Å²) >= 11 is 0. The first-order valence-electron chi connectivity index (χ1n) is 12.2. The Morgan fingerprint density at radius 2 is 1.82 bits per heavy atom. The first-order valence-corrected chi connectivity index (χ1v) is 12.2. The zero-order chi connectivity index (χ0) is 23.5. The van der Waals surface area contributed by atoms with Gasteiger partial charge in [-0.1, -0.05) is 32.9 Å². The molecule has 0 atom stereocenters. The number of phenols is 1. The van der Waals surface area contributed by atoms with Crippen LogP contribution in [-0.4, -0.2) is 64.7 Å². The molecule has 6 nitrogen and oxygen atoms in total. The number of carbonyl (C=O) groups excluding carboxylic acids is 1. The fourth-order valence-electron chi connectivity index (χ4n) is 5.19. The van der Waals surface area contributed by atoms with Gasteiger partial charge in [-0.2, -0.15) is 0 Å². The summed E-state index contributed by atoms with van der Waals surface area (Å²) in [7, 11) is 0. The molecule has 178 valence electrons. The standard InChI is InChI=1S/C27H37N3O3/c1-4-28(13-14-31)23-9-11-29(12-10-23)24-7-5-21-17-30(18-22(21)15-24)27(33)25-16-20(19(2)3)6-8-26(25)32/h5-8,15-16,19,23,31-32H,4,9-14,17-18H2,1-3H3. The molecule has 2 heterocycles. The Morgan fingerprint density at radius 3 is 2.48 bits per heavy atom. The van der Waals surface area contributed by atoms with Crippen molar-refractivity contribution in [2.75, 3.05) is 37.7 Å². The second-order valence-electron chi connectivity index (χ2n) is 9.62. The summed E-state index contributed by atoms with van der Waals surface area (Å²) in [4.78, 5) is 19.9. The van der Waals surface area contributed by atoms with Gasteiger partial charge in [-0.25, -0.2) is 0 Å². The number of rotatable bonds is 7. The molecule has 6 heteroatoms. The summed E-state index contributed by atoms with van der Waals surface area (Å²) in [6, 6.07) is 12.4. The van der Waals surface area contributed by atoms with Gasteiger partial charge in [-0.3, -0.25) is 9.69 Å². The van der Waals surface area contributed by atoms with E-state index in [0.717, 1.165) is 44.6 Å². The lowest BCUT2D eigenvalue weighted by molar-refractivity contribution is 0.0748. The Hall–Kier alpha value is -2.57. The highest BCUT2D eigenvalue weighted by Gasteiger charge is 2.28. The van der Waals surface area contributed by atoms with Crippen LogP contribution in [0.2, 0.25) is 0 Å². The van der Waals surface area contributed by atoms with E-state index in [4.69, 9.17) is 0 Å². The third kappa shape index (κ3) is 5.02. The van der Waals surface area contributed by atoms with E-state index >= 15 is 0 Å². The first-order chi connectivity index (χ1) is 15.9. The lowest BCUT2D eigenvalue weighted by Crippen LogP contribution is -2.45. The first kappa shape index (κ1) is 23.6. The minimum absolute atomic E-state index is 0.0474. The predicted octanol–water partition coefficient (Wildman–Crippen LogP) is 3.95. The molecule has 2 aromatic rings. The molecule has 2 N–H and O–H groups in total. The maximum absolute atomic E-state index is 13.2. The van der Waals surface area contributed by atoms with E-state index in [9.17, 15) is 15.0 Å². The number of carbonyl (C=O) groups is 1. The second-order valence-corrected chi connectivity index (χ2v) is 9.62. The maximum atomic E-state index is 13.2. The highest BCUT2D eigenvalue weighted by atomic mass is 16.3. The fourth-order valence-corrected chi connectivity index (χ4v) is 5.19. The number of fused-ring (bicyclic) bond motifs is 1. The molecule has 0 aromatic heterocycles. The van der Waals surface area contributed by atoms with Crippen LogP contribution in [0.15, 0.2) is 36.4 Å². The molecule has 0 saturated carbocycles. The van der Waals surface area contributed by atoms with E-state index in [0.29, 0.717) is 30.6 Å².